The summed E-state index contributed by atoms with van der Waals surface area (Å²) in [7, 11) is 1.80. The van der Waals surface area contributed by atoms with Crippen molar-refractivity contribution in [1.29, 1.82) is 0 Å². The summed E-state index contributed by atoms with van der Waals surface area (Å²) in [5.41, 5.74) is 0.436. The molecule has 0 unspecified atom stereocenters. The van der Waals surface area contributed by atoms with Crippen molar-refractivity contribution in [2.24, 2.45) is 7.05 Å². The third kappa shape index (κ3) is 6.86. The molecule has 0 atom stereocenters. The van der Waals surface area contributed by atoms with E-state index in [4.69, 9.17) is 4.74 Å². The van der Waals surface area contributed by atoms with Gasteiger partial charge in [-0.1, -0.05) is 0 Å². The number of hydrogen-bond donors (Lipinski definition) is 2. The molecule has 21 heavy (non-hydrogen) atoms. The van der Waals surface area contributed by atoms with Gasteiger partial charge in [0, 0.05) is 19.2 Å². The quantitative estimate of drug-likeness (QED) is 0.757. The van der Waals surface area contributed by atoms with Crippen LogP contribution < -0.4 is 10.6 Å². The topological polar surface area (TPSA) is 68.2 Å². The number of carbonyl (C=O) groups is 1. The number of amides is 1. The van der Waals surface area contributed by atoms with Crippen LogP contribution in [0.5, 0.6) is 0 Å². The summed E-state index contributed by atoms with van der Waals surface area (Å²) >= 11 is 1.84. The first-order chi connectivity index (χ1) is 9.83. The van der Waals surface area contributed by atoms with Gasteiger partial charge in [0.15, 0.2) is 0 Å². The smallest absolute Gasteiger partial charge is 0.413 e. The first-order valence-electron chi connectivity index (χ1n) is 7.04. The average Bonchev–Trinajstić information content (AvgIpc) is 2.69. The lowest BCUT2D eigenvalue weighted by atomic mass is 10.2. The lowest BCUT2D eigenvalue weighted by Crippen LogP contribution is -2.28. The maximum atomic E-state index is 11.8. The molecule has 0 bridgehead atoms. The minimum absolute atomic E-state index is 0.463. The molecule has 0 spiro atoms. The second kappa shape index (κ2) is 8.29. The van der Waals surface area contributed by atoms with Crippen molar-refractivity contribution in [3.8, 4) is 0 Å². The molecular formula is C14H26N4O2S. The second-order valence-electron chi connectivity index (χ2n) is 5.79. The van der Waals surface area contributed by atoms with Crippen molar-refractivity contribution in [2.75, 3.05) is 23.9 Å². The molecule has 0 saturated heterocycles. The summed E-state index contributed by atoms with van der Waals surface area (Å²) in [6.07, 6.45) is 4.52. The Kier molecular flexibility index (Phi) is 7.04. The predicted molar refractivity (Wildman–Crippen MR) is 87.8 cm³/mol. The number of carbonyl (C=O) groups excluding carboxylic acids is 1. The van der Waals surface area contributed by atoms with E-state index in [1.54, 1.807) is 17.9 Å². The van der Waals surface area contributed by atoms with E-state index in [9.17, 15) is 4.79 Å². The van der Waals surface area contributed by atoms with E-state index >= 15 is 0 Å². The molecule has 1 aromatic rings. The summed E-state index contributed by atoms with van der Waals surface area (Å²) in [5, 5.41) is 10.3. The number of aromatic nitrogens is 2. The Labute approximate surface area is 131 Å². The fourth-order valence-corrected chi connectivity index (χ4v) is 2.17. The maximum absolute atomic E-state index is 11.8. The van der Waals surface area contributed by atoms with Crippen LogP contribution in [0.2, 0.25) is 0 Å². The number of nitrogens with one attached hydrogen (secondary N) is 2. The van der Waals surface area contributed by atoms with Gasteiger partial charge in [-0.05, 0) is 45.7 Å². The van der Waals surface area contributed by atoms with Gasteiger partial charge >= 0.3 is 6.09 Å². The molecule has 0 aliphatic carbocycles. The van der Waals surface area contributed by atoms with Crippen LogP contribution in [-0.2, 0) is 18.3 Å². The molecular weight excluding hydrogens is 288 g/mol. The van der Waals surface area contributed by atoms with Crippen LogP contribution >= 0.6 is 11.8 Å². The Morgan fingerprint density at radius 1 is 1.48 bits per heavy atom. The number of hydrogen-bond acceptors (Lipinski definition) is 5. The molecule has 1 rings (SSSR count). The molecule has 120 valence electrons. The van der Waals surface area contributed by atoms with Crippen LogP contribution in [-0.4, -0.2) is 40.0 Å². The van der Waals surface area contributed by atoms with E-state index in [0.29, 0.717) is 12.4 Å². The zero-order valence-corrected chi connectivity index (χ0v) is 14.3. The normalized spacial score (nSPS) is 11.5. The van der Waals surface area contributed by atoms with Gasteiger partial charge < -0.3 is 10.1 Å². The Balaban J connectivity index is 2.54. The molecule has 1 heterocycles. The van der Waals surface area contributed by atoms with Gasteiger partial charge in [0.25, 0.3) is 0 Å². The van der Waals surface area contributed by atoms with Crippen LogP contribution in [0.1, 0.15) is 32.8 Å². The largest absolute Gasteiger partial charge is 0.444 e. The highest BCUT2D eigenvalue weighted by Gasteiger charge is 2.18. The number of thioether (sulfide) groups is 1. The molecule has 0 radical (unpaired) electrons. The summed E-state index contributed by atoms with van der Waals surface area (Å²) in [6.45, 7) is 7.13. The van der Waals surface area contributed by atoms with Gasteiger partial charge in [-0.15, -0.1) is 0 Å². The summed E-state index contributed by atoms with van der Waals surface area (Å²) < 4.78 is 6.91. The Bertz CT molecular complexity index is 454. The SMILES string of the molecule is CSCCCNCc1cnn(C)c1NC(=O)OC(C)(C)C. The molecule has 7 heteroatoms. The molecule has 0 fully saturated rings. The molecule has 1 aromatic heterocycles. The minimum Gasteiger partial charge on any atom is -0.444 e. The summed E-state index contributed by atoms with van der Waals surface area (Å²) in [5.74, 6) is 1.81. The zero-order chi connectivity index (χ0) is 15.9. The molecule has 0 saturated carbocycles. The van der Waals surface area contributed by atoms with E-state index in [1.807, 2.05) is 32.5 Å². The average molecular weight is 314 g/mol. The van der Waals surface area contributed by atoms with Gasteiger partial charge in [0.05, 0.1) is 6.20 Å². The highest BCUT2D eigenvalue weighted by atomic mass is 32.2. The number of rotatable bonds is 7. The maximum Gasteiger partial charge on any atom is 0.413 e. The highest BCUT2D eigenvalue weighted by molar-refractivity contribution is 7.98. The third-order valence-electron chi connectivity index (χ3n) is 2.65. The van der Waals surface area contributed by atoms with Crippen molar-refractivity contribution in [3.63, 3.8) is 0 Å². The Morgan fingerprint density at radius 3 is 2.81 bits per heavy atom. The van der Waals surface area contributed by atoms with E-state index in [0.717, 1.165) is 24.3 Å². The third-order valence-corrected chi connectivity index (χ3v) is 3.35. The summed E-state index contributed by atoms with van der Waals surface area (Å²) in [6, 6.07) is 0. The van der Waals surface area contributed by atoms with E-state index in [1.165, 1.54) is 0 Å². The zero-order valence-electron chi connectivity index (χ0n) is 13.5. The number of nitrogens with zero attached hydrogens (tertiary/aromatic N) is 2. The van der Waals surface area contributed by atoms with E-state index in [2.05, 4.69) is 22.0 Å². The second-order valence-corrected chi connectivity index (χ2v) is 6.78. The Hall–Kier alpha value is -1.21. The van der Waals surface area contributed by atoms with Gasteiger partial charge in [0.1, 0.15) is 11.4 Å². The van der Waals surface area contributed by atoms with Crippen LogP contribution in [0.3, 0.4) is 0 Å². The minimum atomic E-state index is -0.515. The number of aryl methyl sites for hydroxylation is 1. The van der Waals surface area contributed by atoms with Crippen molar-refractivity contribution in [3.05, 3.63) is 11.8 Å². The van der Waals surface area contributed by atoms with Gasteiger partial charge in [0.2, 0.25) is 0 Å². The monoisotopic (exact) mass is 314 g/mol. The van der Waals surface area contributed by atoms with Crippen molar-refractivity contribution < 1.29 is 9.53 Å². The van der Waals surface area contributed by atoms with E-state index < -0.39 is 11.7 Å². The highest BCUT2D eigenvalue weighted by Crippen LogP contribution is 2.16. The first kappa shape index (κ1) is 17.8. The van der Waals surface area contributed by atoms with Crippen molar-refractivity contribution in [1.82, 2.24) is 15.1 Å². The lowest BCUT2D eigenvalue weighted by molar-refractivity contribution is 0.0634. The van der Waals surface area contributed by atoms with Crippen LogP contribution in [0.4, 0.5) is 10.6 Å². The fraction of sp³-hybridized carbons (Fsp3) is 0.714. The van der Waals surface area contributed by atoms with Crippen LogP contribution in [0.25, 0.3) is 0 Å². The van der Waals surface area contributed by atoms with Gasteiger partial charge in [-0.2, -0.15) is 16.9 Å². The molecule has 0 aliphatic heterocycles. The van der Waals surface area contributed by atoms with Crippen LogP contribution in [0, 0.1) is 0 Å². The number of anilines is 1. The molecule has 0 aromatic carbocycles. The first-order valence-corrected chi connectivity index (χ1v) is 8.43. The standard InChI is InChI=1S/C14H26N4O2S/c1-14(2,3)20-13(19)17-12-11(10-16-18(12)4)9-15-7-6-8-21-5/h10,15H,6-9H2,1-5H3,(H,17,19). The van der Waals surface area contributed by atoms with Crippen LogP contribution in [0.15, 0.2) is 6.20 Å². The fourth-order valence-electron chi connectivity index (χ4n) is 1.74. The van der Waals surface area contributed by atoms with Gasteiger partial charge in [-0.25, -0.2) is 4.79 Å². The Morgan fingerprint density at radius 2 is 2.19 bits per heavy atom. The van der Waals surface area contributed by atoms with Crippen molar-refractivity contribution in [2.45, 2.75) is 39.3 Å². The van der Waals surface area contributed by atoms with E-state index in [-0.39, 0.29) is 0 Å². The number of ether oxygens (including phenoxy) is 1. The molecule has 0 aliphatic rings. The molecule has 1 amide bonds. The van der Waals surface area contributed by atoms with Gasteiger partial charge in [-0.3, -0.25) is 10.00 Å². The summed E-state index contributed by atoms with van der Waals surface area (Å²) in [4.78, 5) is 11.8. The predicted octanol–water partition coefficient (Wildman–Crippen LogP) is 2.61. The lowest BCUT2D eigenvalue weighted by Gasteiger charge is -2.20. The van der Waals surface area contributed by atoms with Crippen molar-refractivity contribution >= 4 is 23.7 Å². The molecule has 2 N–H and O–H groups in total. The molecule has 6 nitrogen and oxygen atoms in total.